The third-order valence-corrected chi connectivity index (χ3v) is 5.16. The van der Waals surface area contributed by atoms with Gasteiger partial charge in [0.1, 0.15) is 11.5 Å². The van der Waals surface area contributed by atoms with Crippen molar-refractivity contribution in [2.75, 3.05) is 18.6 Å². The molecule has 144 valence electrons. The van der Waals surface area contributed by atoms with E-state index in [0.29, 0.717) is 5.75 Å². The fraction of sp³-hybridized carbons (Fsp3) is 0.261. The molecule has 0 bridgehead atoms. The van der Waals surface area contributed by atoms with Gasteiger partial charge in [-0.15, -0.1) is 0 Å². The zero-order chi connectivity index (χ0) is 19.7. The van der Waals surface area contributed by atoms with Gasteiger partial charge < -0.3 is 14.4 Å². The van der Waals surface area contributed by atoms with Gasteiger partial charge in [0.2, 0.25) is 0 Å². The second kappa shape index (κ2) is 7.50. The molecule has 28 heavy (non-hydrogen) atoms. The first-order valence-corrected chi connectivity index (χ1v) is 9.49. The van der Waals surface area contributed by atoms with Crippen LogP contribution < -0.4 is 14.4 Å². The number of benzene rings is 2. The molecule has 4 rings (SSSR count). The smallest absolute Gasteiger partial charge is 0.167 e. The Balaban J connectivity index is 1.69. The second-order valence-electron chi connectivity index (χ2n) is 6.88. The molecule has 4 nitrogen and oxygen atoms in total. The predicted octanol–water partition coefficient (Wildman–Crippen LogP) is 5.85. The maximum absolute atomic E-state index is 14.8. The standard InChI is InChI=1S/C23H23FN2O2/c1-4-16-12-18-20(14-23(16)27-3)25-10-9-21(18)28-22-8-7-17(13-19(22)24)26-11-5-6-15(26)2/h7-10,12-14H,2,4-6,11H2,1,3H3. The quantitative estimate of drug-likeness (QED) is 0.558. The lowest BCUT2D eigenvalue weighted by molar-refractivity contribution is 0.410. The van der Waals surface area contributed by atoms with E-state index in [-0.39, 0.29) is 5.75 Å². The average Bonchev–Trinajstić information content (AvgIpc) is 3.14. The molecule has 0 saturated carbocycles. The molecule has 0 radical (unpaired) electrons. The highest BCUT2D eigenvalue weighted by atomic mass is 19.1. The maximum Gasteiger partial charge on any atom is 0.167 e. The Morgan fingerprint density at radius 2 is 2.00 bits per heavy atom. The van der Waals surface area contributed by atoms with Gasteiger partial charge in [-0.3, -0.25) is 4.98 Å². The highest BCUT2D eigenvalue weighted by Gasteiger charge is 2.19. The second-order valence-corrected chi connectivity index (χ2v) is 6.88. The van der Waals surface area contributed by atoms with E-state index in [1.165, 1.54) is 6.07 Å². The van der Waals surface area contributed by atoms with Gasteiger partial charge in [0, 0.05) is 41.6 Å². The van der Waals surface area contributed by atoms with Crippen molar-refractivity contribution in [1.82, 2.24) is 4.98 Å². The van der Waals surface area contributed by atoms with Crippen LogP contribution in [0.15, 0.2) is 54.9 Å². The van der Waals surface area contributed by atoms with Crippen LogP contribution in [0.25, 0.3) is 10.9 Å². The van der Waals surface area contributed by atoms with E-state index >= 15 is 0 Å². The van der Waals surface area contributed by atoms with Crippen molar-refractivity contribution in [2.45, 2.75) is 26.2 Å². The van der Waals surface area contributed by atoms with Crippen LogP contribution in [-0.4, -0.2) is 18.6 Å². The largest absolute Gasteiger partial charge is 0.496 e. The minimum Gasteiger partial charge on any atom is -0.496 e. The number of allylic oxidation sites excluding steroid dienone is 1. The van der Waals surface area contributed by atoms with E-state index in [1.54, 1.807) is 25.4 Å². The molecule has 0 N–H and O–H groups in total. The molecule has 1 aliphatic rings. The average molecular weight is 378 g/mol. The molecule has 1 aromatic heterocycles. The van der Waals surface area contributed by atoms with Crippen molar-refractivity contribution >= 4 is 16.6 Å². The minimum atomic E-state index is -0.397. The summed E-state index contributed by atoms with van der Waals surface area (Å²) in [7, 11) is 1.65. The molecule has 5 heteroatoms. The van der Waals surface area contributed by atoms with E-state index in [9.17, 15) is 4.39 Å². The lowest BCUT2D eigenvalue weighted by Crippen LogP contribution is -2.15. The molecule has 0 amide bonds. The molecule has 1 saturated heterocycles. The summed E-state index contributed by atoms with van der Waals surface area (Å²) in [5.74, 6) is 1.15. The zero-order valence-electron chi connectivity index (χ0n) is 16.2. The lowest BCUT2D eigenvalue weighted by Gasteiger charge is -2.20. The highest BCUT2D eigenvalue weighted by Crippen LogP contribution is 2.36. The van der Waals surface area contributed by atoms with Crippen LogP contribution in [-0.2, 0) is 6.42 Å². The Kier molecular flexibility index (Phi) is 4.90. The third kappa shape index (κ3) is 3.28. The zero-order valence-corrected chi connectivity index (χ0v) is 16.2. The number of hydrogen-bond donors (Lipinski definition) is 0. The molecule has 0 unspecified atom stereocenters. The molecule has 0 aliphatic carbocycles. The van der Waals surface area contributed by atoms with Crippen LogP contribution in [0.3, 0.4) is 0 Å². The first kappa shape index (κ1) is 18.3. The van der Waals surface area contributed by atoms with Crippen molar-refractivity contribution in [1.29, 1.82) is 0 Å². The van der Waals surface area contributed by atoms with E-state index in [1.807, 2.05) is 18.2 Å². The number of rotatable bonds is 5. The van der Waals surface area contributed by atoms with Crippen molar-refractivity contribution in [3.05, 3.63) is 66.3 Å². The van der Waals surface area contributed by atoms with E-state index in [4.69, 9.17) is 9.47 Å². The molecule has 3 aromatic rings. The fourth-order valence-electron chi connectivity index (χ4n) is 3.65. The van der Waals surface area contributed by atoms with Crippen molar-refractivity contribution in [2.24, 2.45) is 0 Å². The van der Waals surface area contributed by atoms with Crippen LogP contribution >= 0.6 is 0 Å². The monoisotopic (exact) mass is 378 g/mol. The molecule has 1 fully saturated rings. The van der Waals surface area contributed by atoms with Crippen molar-refractivity contribution in [3.63, 3.8) is 0 Å². The number of nitrogens with zero attached hydrogens (tertiary/aromatic N) is 2. The van der Waals surface area contributed by atoms with Gasteiger partial charge in [-0.1, -0.05) is 13.5 Å². The number of aromatic nitrogens is 1. The number of ether oxygens (including phenoxy) is 2. The summed E-state index contributed by atoms with van der Waals surface area (Å²) in [5.41, 5.74) is 3.63. The Bertz CT molecular complexity index is 1050. The molecule has 0 spiro atoms. The van der Waals surface area contributed by atoms with Crippen LogP contribution in [0.5, 0.6) is 17.2 Å². The first-order valence-electron chi connectivity index (χ1n) is 9.49. The van der Waals surface area contributed by atoms with Gasteiger partial charge in [0.25, 0.3) is 0 Å². The summed E-state index contributed by atoms with van der Waals surface area (Å²) < 4.78 is 26.1. The summed E-state index contributed by atoms with van der Waals surface area (Å²) in [5, 5.41) is 0.830. The van der Waals surface area contributed by atoms with Gasteiger partial charge in [-0.2, -0.15) is 0 Å². The number of halogens is 1. The Morgan fingerprint density at radius 3 is 2.68 bits per heavy atom. The van der Waals surface area contributed by atoms with Crippen molar-refractivity contribution in [3.8, 4) is 17.2 Å². The highest BCUT2D eigenvalue weighted by molar-refractivity contribution is 5.87. The molecule has 1 aliphatic heterocycles. The van der Waals surface area contributed by atoms with E-state index < -0.39 is 5.82 Å². The number of hydrogen-bond acceptors (Lipinski definition) is 4. The van der Waals surface area contributed by atoms with Crippen LogP contribution in [0.2, 0.25) is 0 Å². The molecular formula is C23H23FN2O2. The number of aryl methyl sites for hydroxylation is 1. The summed E-state index contributed by atoms with van der Waals surface area (Å²) in [6.07, 6.45) is 4.47. The Labute approximate surface area is 164 Å². The normalized spacial score (nSPS) is 14.0. The number of anilines is 1. The Hall–Kier alpha value is -3.08. The first-order chi connectivity index (χ1) is 13.6. The van der Waals surface area contributed by atoms with E-state index in [0.717, 1.165) is 59.4 Å². The van der Waals surface area contributed by atoms with Gasteiger partial charge in [0.05, 0.1) is 12.6 Å². The lowest BCUT2D eigenvalue weighted by atomic mass is 10.1. The Morgan fingerprint density at radius 1 is 1.14 bits per heavy atom. The van der Waals surface area contributed by atoms with Crippen LogP contribution in [0.4, 0.5) is 10.1 Å². The third-order valence-electron chi connectivity index (χ3n) is 5.16. The molecule has 2 aromatic carbocycles. The number of methoxy groups -OCH3 is 1. The van der Waals surface area contributed by atoms with Gasteiger partial charge in [0.15, 0.2) is 11.6 Å². The van der Waals surface area contributed by atoms with Crippen LogP contribution in [0, 0.1) is 5.82 Å². The molecule has 0 atom stereocenters. The fourth-order valence-corrected chi connectivity index (χ4v) is 3.65. The summed E-state index contributed by atoms with van der Waals surface area (Å²) in [4.78, 5) is 6.44. The summed E-state index contributed by atoms with van der Waals surface area (Å²) >= 11 is 0. The summed E-state index contributed by atoms with van der Waals surface area (Å²) in [6.45, 7) is 6.98. The van der Waals surface area contributed by atoms with Gasteiger partial charge >= 0.3 is 0 Å². The van der Waals surface area contributed by atoms with Crippen molar-refractivity contribution < 1.29 is 13.9 Å². The summed E-state index contributed by atoms with van der Waals surface area (Å²) in [6, 6.07) is 10.7. The topological polar surface area (TPSA) is 34.6 Å². The SMILES string of the molecule is C=C1CCCN1c1ccc(Oc2ccnc3cc(OC)c(CC)cc23)c(F)c1. The van der Waals surface area contributed by atoms with Crippen LogP contribution in [0.1, 0.15) is 25.3 Å². The molecular weight excluding hydrogens is 355 g/mol. The maximum atomic E-state index is 14.8. The minimum absolute atomic E-state index is 0.190. The number of pyridine rings is 1. The number of fused-ring (bicyclic) bond motifs is 1. The van der Waals surface area contributed by atoms with Gasteiger partial charge in [-0.05, 0) is 49.1 Å². The predicted molar refractivity (Wildman–Crippen MR) is 110 cm³/mol. The van der Waals surface area contributed by atoms with Gasteiger partial charge in [-0.25, -0.2) is 4.39 Å². The molecule has 2 heterocycles. The van der Waals surface area contributed by atoms with E-state index in [2.05, 4.69) is 23.4 Å².